The lowest BCUT2D eigenvalue weighted by Gasteiger charge is -2.24. The normalized spacial score (nSPS) is 21.5. The first kappa shape index (κ1) is 5.56. The van der Waals surface area contributed by atoms with Gasteiger partial charge in [-0.05, 0) is 0 Å². The predicted molar refractivity (Wildman–Crippen MR) is 33.9 cm³/mol. The first-order valence-corrected chi connectivity index (χ1v) is 2.84. The molecule has 0 aliphatic carbocycles. The van der Waals surface area contributed by atoms with Crippen molar-refractivity contribution < 1.29 is 0 Å². The van der Waals surface area contributed by atoms with E-state index in [1.165, 1.54) is 6.34 Å². The third kappa shape index (κ3) is 1.20. The molecule has 3 nitrogen and oxygen atoms in total. The first-order chi connectivity index (χ1) is 3.93. The van der Waals surface area contributed by atoms with E-state index in [-0.39, 0.29) is 0 Å². The molecule has 0 amide bonds. The SMILES string of the molecule is NC=NCC1CNC1. The number of nitrogens with zero attached hydrogens (tertiary/aromatic N) is 1. The van der Waals surface area contributed by atoms with Gasteiger partial charge in [0.25, 0.3) is 0 Å². The summed E-state index contributed by atoms with van der Waals surface area (Å²) in [6.45, 7) is 3.11. The van der Waals surface area contributed by atoms with Gasteiger partial charge in [-0.2, -0.15) is 0 Å². The van der Waals surface area contributed by atoms with Gasteiger partial charge in [-0.25, -0.2) is 0 Å². The molecule has 0 saturated carbocycles. The van der Waals surface area contributed by atoms with Crippen LogP contribution in [0.25, 0.3) is 0 Å². The minimum absolute atomic E-state index is 0.745. The zero-order valence-electron chi connectivity index (χ0n) is 4.80. The summed E-state index contributed by atoms with van der Waals surface area (Å²) in [7, 11) is 0. The van der Waals surface area contributed by atoms with Crippen molar-refractivity contribution in [2.24, 2.45) is 16.6 Å². The first-order valence-electron chi connectivity index (χ1n) is 2.84. The van der Waals surface area contributed by atoms with Crippen LogP contribution < -0.4 is 11.1 Å². The third-order valence-corrected chi connectivity index (χ3v) is 1.34. The number of hydrogen-bond acceptors (Lipinski definition) is 2. The maximum Gasteiger partial charge on any atom is 0.0797 e. The van der Waals surface area contributed by atoms with Crippen molar-refractivity contribution in [3.05, 3.63) is 0 Å². The highest BCUT2D eigenvalue weighted by atomic mass is 15.0. The molecule has 8 heavy (non-hydrogen) atoms. The maximum atomic E-state index is 5.04. The van der Waals surface area contributed by atoms with Gasteiger partial charge in [-0.1, -0.05) is 0 Å². The van der Waals surface area contributed by atoms with Crippen LogP contribution in [0, 0.1) is 5.92 Å². The molecule has 46 valence electrons. The molecule has 0 unspecified atom stereocenters. The van der Waals surface area contributed by atoms with Crippen LogP contribution in [0.3, 0.4) is 0 Å². The van der Waals surface area contributed by atoms with E-state index in [1.807, 2.05) is 0 Å². The molecule has 0 radical (unpaired) electrons. The van der Waals surface area contributed by atoms with Crippen molar-refractivity contribution in [3.63, 3.8) is 0 Å². The van der Waals surface area contributed by atoms with Crippen molar-refractivity contribution >= 4 is 6.34 Å². The molecule has 0 aromatic heterocycles. The highest BCUT2D eigenvalue weighted by Gasteiger charge is 2.14. The smallest absolute Gasteiger partial charge is 0.0797 e. The number of rotatable bonds is 2. The highest BCUT2D eigenvalue weighted by molar-refractivity contribution is 5.51. The molecule has 1 rings (SSSR count). The molecule has 1 aliphatic heterocycles. The van der Waals surface area contributed by atoms with Crippen molar-refractivity contribution in [1.82, 2.24) is 5.32 Å². The fraction of sp³-hybridized carbons (Fsp3) is 0.800. The summed E-state index contributed by atoms with van der Waals surface area (Å²) in [6.07, 6.45) is 1.37. The van der Waals surface area contributed by atoms with Gasteiger partial charge in [0, 0.05) is 25.6 Å². The largest absolute Gasteiger partial charge is 0.390 e. The predicted octanol–water partition coefficient (Wildman–Crippen LogP) is -0.807. The van der Waals surface area contributed by atoms with Crippen LogP contribution in [-0.2, 0) is 0 Å². The lowest BCUT2D eigenvalue weighted by atomic mass is 10.0. The molecular formula is C5H11N3. The van der Waals surface area contributed by atoms with Crippen molar-refractivity contribution in [1.29, 1.82) is 0 Å². The molecule has 0 bridgehead atoms. The van der Waals surface area contributed by atoms with Gasteiger partial charge in [0.1, 0.15) is 0 Å². The fourth-order valence-corrected chi connectivity index (χ4v) is 0.687. The average Bonchev–Trinajstić information content (AvgIpc) is 1.63. The van der Waals surface area contributed by atoms with E-state index < -0.39 is 0 Å². The Balaban J connectivity index is 2.01. The molecule has 3 N–H and O–H groups in total. The molecule has 0 aromatic carbocycles. The van der Waals surface area contributed by atoms with Crippen LogP contribution in [0.4, 0.5) is 0 Å². The Morgan fingerprint density at radius 1 is 1.75 bits per heavy atom. The van der Waals surface area contributed by atoms with Crippen LogP contribution in [0.15, 0.2) is 4.99 Å². The summed E-state index contributed by atoms with van der Waals surface area (Å²) in [4.78, 5) is 3.91. The molecule has 0 spiro atoms. The van der Waals surface area contributed by atoms with Crippen LogP contribution in [0.1, 0.15) is 0 Å². The number of aliphatic imine (C=N–C) groups is 1. The fourth-order valence-electron chi connectivity index (χ4n) is 0.687. The zero-order valence-corrected chi connectivity index (χ0v) is 4.80. The second-order valence-corrected chi connectivity index (χ2v) is 2.04. The van der Waals surface area contributed by atoms with Gasteiger partial charge in [0.2, 0.25) is 0 Å². The molecule has 0 atom stereocenters. The minimum Gasteiger partial charge on any atom is -0.390 e. The number of nitrogens with two attached hydrogens (primary N) is 1. The monoisotopic (exact) mass is 113 g/mol. The summed E-state index contributed by atoms with van der Waals surface area (Å²) in [5, 5.41) is 3.16. The van der Waals surface area contributed by atoms with Gasteiger partial charge in [0.15, 0.2) is 0 Å². The van der Waals surface area contributed by atoms with Gasteiger partial charge in [-0.3, -0.25) is 4.99 Å². The van der Waals surface area contributed by atoms with Crippen molar-refractivity contribution in [2.45, 2.75) is 0 Å². The Kier molecular flexibility index (Phi) is 1.86. The van der Waals surface area contributed by atoms with Crippen molar-refractivity contribution in [3.8, 4) is 0 Å². The average molecular weight is 113 g/mol. The quantitative estimate of drug-likeness (QED) is 0.363. The van der Waals surface area contributed by atoms with Crippen molar-refractivity contribution in [2.75, 3.05) is 19.6 Å². The van der Waals surface area contributed by atoms with E-state index in [1.54, 1.807) is 0 Å². The van der Waals surface area contributed by atoms with E-state index in [0.29, 0.717) is 0 Å². The summed E-state index contributed by atoms with van der Waals surface area (Å²) in [5.41, 5.74) is 5.04. The Morgan fingerprint density at radius 2 is 2.50 bits per heavy atom. The molecule has 1 fully saturated rings. The van der Waals surface area contributed by atoms with E-state index in [2.05, 4.69) is 10.3 Å². The summed E-state index contributed by atoms with van der Waals surface area (Å²) in [6, 6.07) is 0. The van der Waals surface area contributed by atoms with Crippen LogP contribution >= 0.6 is 0 Å². The molecule has 3 heteroatoms. The van der Waals surface area contributed by atoms with E-state index >= 15 is 0 Å². The summed E-state index contributed by atoms with van der Waals surface area (Å²) in [5.74, 6) is 0.745. The zero-order chi connectivity index (χ0) is 5.82. The Labute approximate surface area is 49.0 Å². The highest BCUT2D eigenvalue weighted by Crippen LogP contribution is 2.00. The Bertz CT molecular complexity index is 85.7. The topological polar surface area (TPSA) is 50.4 Å². The minimum atomic E-state index is 0.745. The van der Waals surface area contributed by atoms with Crippen LogP contribution in [-0.4, -0.2) is 26.0 Å². The maximum absolute atomic E-state index is 5.04. The van der Waals surface area contributed by atoms with Gasteiger partial charge >= 0.3 is 0 Å². The second-order valence-electron chi connectivity index (χ2n) is 2.04. The molecule has 0 aromatic rings. The van der Waals surface area contributed by atoms with Crippen LogP contribution in [0.2, 0.25) is 0 Å². The second kappa shape index (κ2) is 2.67. The van der Waals surface area contributed by atoms with Gasteiger partial charge < -0.3 is 11.1 Å². The molecular weight excluding hydrogens is 102 g/mol. The Hall–Kier alpha value is -0.570. The number of hydrogen-bond donors (Lipinski definition) is 2. The lowest BCUT2D eigenvalue weighted by molar-refractivity contribution is 0.358. The van der Waals surface area contributed by atoms with E-state index in [0.717, 1.165) is 25.6 Å². The van der Waals surface area contributed by atoms with E-state index in [4.69, 9.17) is 5.73 Å². The molecule has 1 aliphatic rings. The van der Waals surface area contributed by atoms with E-state index in [9.17, 15) is 0 Å². The summed E-state index contributed by atoms with van der Waals surface area (Å²) >= 11 is 0. The molecule has 1 saturated heterocycles. The lowest BCUT2D eigenvalue weighted by Crippen LogP contribution is -2.43. The van der Waals surface area contributed by atoms with Crippen LogP contribution in [0.5, 0.6) is 0 Å². The standard InChI is InChI=1S/C5H11N3/c6-4-8-3-5-1-7-2-5/h4-5,7H,1-3H2,(H2,6,8). The number of nitrogens with one attached hydrogen (secondary N) is 1. The van der Waals surface area contributed by atoms with Gasteiger partial charge in [-0.15, -0.1) is 0 Å². The summed E-state index contributed by atoms with van der Waals surface area (Å²) < 4.78 is 0. The third-order valence-electron chi connectivity index (χ3n) is 1.34. The Morgan fingerprint density at radius 3 is 2.88 bits per heavy atom. The van der Waals surface area contributed by atoms with Gasteiger partial charge in [0.05, 0.1) is 6.34 Å². The molecule has 1 heterocycles.